The Balaban J connectivity index is 2.76. The molecule has 86 valence electrons. The number of hydrogen-bond acceptors (Lipinski definition) is 4. The summed E-state index contributed by atoms with van der Waals surface area (Å²) in [6.07, 6.45) is 0. The zero-order chi connectivity index (χ0) is 11.8. The van der Waals surface area contributed by atoms with Crippen LogP contribution >= 0.6 is 0 Å². The first kappa shape index (κ1) is 12.3. The highest BCUT2D eigenvalue weighted by molar-refractivity contribution is 5.43. The summed E-state index contributed by atoms with van der Waals surface area (Å²) in [5.41, 5.74) is 1.13. The van der Waals surface area contributed by atoms with Crippen molar-refractivity contribution < 1.29 is 9.47 Å². The number of methoxy groups -OCH3 is 1. The summed E-state index contributed by atoms with van der Waals surface area (Å²) in [6.45, 7) is 3.81. The van der Waals surface area contributed by atoms with E-state index >= 15 is 0 Å². The van der Waals surface area contributed by atoms with Gasteiger partial charge in [0.1, 0.15) is 6.07 Å². The molecule has 16 heavy (non-hydrogen) atoms. The van der Waals surface area contributed by atoms with Gasteiger partial charge in [0.05, 0.1) is 7.11 Å². The van der Waals surface area contributed by atoms with Gasteiger partial charge in [-0.15, -0.1) is 0 Å². The molecule has 4 heteroatoms. The van der Waals surface area contributed by atoms with Gasteiger partial charge >= 0.3 is 0 Å². The molecule has 4 nitrogen and oxygen atoms in total. The van der Waals surface area contributed by atoms with Gasteiger partial charge in [-0.05, 0) is 24.2 Å². The molecule has 0 saturated carbocycles. The van der Waals surface area contributed by atoms with E-state index in [4.69, 9.17) is 14.7 Å². The minimum atomic E-state index is 0.0307. The summed E-state index contributed by atoms with van der Waals surface area (Å²) in [4.78, 5) is 0. The molecule has 1 N–H and O–H groups in total. The van der Waals surface area contributed by atoms with Crippen molar-refractivity contribution in [3.8, 4) is 17.6 Å². The highest BCUT2D eigenvalue weighted by atomic mass is 16.5. The van der Waals surface area contributed by atoms with Crippen LogP contribution in [0, 0.1) is 11.3 Å². The summed E-state index contributed by atoms with van der Waals surface area (Å²) in [7, 11) is 1.59. The van der Waals surface area contributed by atoms with Crippen molar-refractivity contribution in [2.24, 2.45) is 0 Å². The van der Waals surface area contributed by atoms with E-state index in [1.54, 1.807) is 7.11 Å². The van der Waals surface area contributed by atoms with Gasteiger partial charge in [-0.3, -0.25) is 0 Å². The number of benzene rings is 1. The average molecular weight is 220 g/mol. The molecule has 1 aromatic rings. The van der Waals surface area contributed by atoms with Crippen LogP contribution in [0.2, 0.25) is 0 Å². The predicted octanol–water partition coefficient (Wildman–Crippen LogP) is 1.71. The lowest BCUT2D eigenvalue weighted by Crippen LogP contribution is -2.11. The molecule has 0 fully saturated rings. The van der Waals surface area contributed by atoms with Crippen molar-refractivity contribution >= 4 is 0 Å². The molecule has 1 rings (SSSR count). The van der Waals surface area contributed by atoms with E-state index in [0.717, 1.165) is 18.7 Å². The largest absolute Gasteiger partial charge is 0.493 e. The van der Waals surface area contributed by atoms with Gasteiger partial charge in [0.25, 0.3) is 0 Å². The van der Waals surface area contributed by atoms with Crippen LogP contribution in [-0.4, -0.2) is 20.3 Å². The normalized spacial score (nSPS) is 9.56. The van der Waals surface area contributed by atoms with Crippen LogP contribution in [0.1, 0.15) is 12.5 Å². The number of nitriles is 1. The number of nitrogens with zero attached hydrogens (tertiary/aromatic N) is 1. The first-order chi connectivity index (χ1) is 7.81. The maximum Gasteiger partial charge on any atom is 0.174 e. The highest BCUT2D eigenvalue weighted by Gasteiger charge is 2.05. The van der Waals surface area contributed by atoms with Crippen LogP contribution in [0.4, 0.5) is 0 Å². The zero-order valence-corrected chi connectivity index (χ0v) is 9.62. The Morgan fingerprint density at radius 2 is 2.19 bits per heavy atom. The second-order valence-corrected chi connectivity index (χ2v) is 3.21. The number of hydrogen-bond donors (Lipinski definition) is 1. The van der Waals surface area contributed by atoms with Gasteiger partial charge in [-0.2, -0.15) is 5.26 Å². The second-order valence-electron chi connectivity index (χ2n) is 3.21. The Bertz CT molecular complexity index is 372. The van der Waals surface area contributed by atoms with Gasteiger partial charge in [0.15, 0.2) is 18.1 Å². The van der Waals surface area contributed by atoms with Crippen molar-refractivity contribution in [1.82, 2.24) is 5.32 Å². The smallest absolute Gasteiger partial charge is 0.174 e. The third-order valence-corrected chi connectivity index (χ3v) is 2.10. The van der Waals surface area contributed by atoms with Crippen LogP contribution in [0.3, 0.4) is 0 Å². The van der Waals surface area contributed by atoms with E-state index in [9.17, 15) is 0 Å². The second kappa shape index (κ2) is 6.70. The maximum atomic E-state index is 8.44. The Kier molecular flexibility index (Phi) is 5.17. The van der Waals surface area contributed by atoms with Gasteiger partial charge < -0.3 is 14.8 Å². The quantitative estimate of drug-likeness (QED) is 0.793. The molecule has 0 aromatic heterocycles. The van der Waals surface area contributed by atoms with E-state index in [1.165, 1.54) is 0 Å². The summed E-state index contributed by atoms with van der Waals surface area (Å²) >= 11 is 0. The molecule has 0 heterocycles. The fourth-order valence-electron chi connectivity index (χ4n) is 1.32. The number of rotatable bonds is 6. The first-order valence-corrected chi connectivity index (χ1v) is 5.19. The molecule has 0 aliphatic carbocycles. The lowest BCUT2D eigenvalue weighted by atomic mass is 10.2. The van der Waals surface area contributed by atoms with Gasteiger partial charge in [-0.1, -0.05) is 13.0 Å². The Morgan fingerprint density at radius 1 is 1.38 bits per heavy atom. The monoisotopic (exact) mass is 220 g/mol. The predicted molar refractivity (Wildman–Crippen MR) is 61.5 cm³/mol. The Hall–Kier alpha value is -1.73. The van der Waals surface area contributed by atoms with E-state index in [2.05, 4.69) is 12.2 Å². The van der Waals surface area contributed by atoms with Crippen molar-refractivity contribution in [2.45, 2.75) is 13.5 Å². The molecule has 0 bridgehead atoms. The summed E-state index contributed by atoms with van der Waals surface area (Å²) < 4.78 is 10.4. The SMILES string of the molecule is CCNCc1ccc(OCC#N)c(OC)c1. The minimum Gasteiger partial charge on any atom is -0.493 e. The van der Waals surface area contributed by atoms with Crippen LogP contribution in [0.5, 0.6) is 11.5 Å². The van der Waals surface area contributed by atoms with E-state index in [1.807, 2.05) is 24.3 Å². The molecule has 0 spiro atoms. The van der Waals surface area contributed by atoms with Crippen molar-refractivity contribution in [1.29, 1.82) is 5.26 Å². The Labute approximate surface area is 95.8 Å². The molecule has 0 aliphatic heterocycles. The Morgan fingerprint density at radius 3 is 2.81 bits per heavy atom. The molecule has 0 radical (unpaired) electrons. The zero-order valence-electron chi connectivity index (χ0n) is 9.62. The van der Waals surface area contributed by atoms with Crippen LogP contribution in [0.15, 0.2) is 18.2 Å². The molecule has 0 aliphatic rings. The summed E-state index contributed by atoms with van der Waals surface area (Å²) in [5.74, 6) is 1.26. The number of ether oxygens (including phenoxy) is 2. The standard InChI is InChI=1S/C12H16N2O2/c1-3-14-9-10-4-5-11(16-7-6-13)12(8-10)15-2/h4-5,8,14H,3,7,9H2,1-2H3. The lowest BCUT2D eigenvalue weighted by Gasteiger charge is -2.10. The topological polar surface area (TPSA) is 54.3 Å². The van der Waals surface area contributed by atoms with Crippen molar-refractivity contribution in [2.75, 3.05) is 20.3 Å². The lowest BCUT2D eigenvalue weighted by molar-refractivity contribution is 0.329. The highest BCUT2D eigenvalue weighted by Crippen LogP contribution is 2.27. The third kappa shape index (κ3) is 3.44. The molecule has 1 aromatic carbocycles. The number of nitrogens with one attached hydrogen (secondary N) is 1. The molecular weight excluding hydrogens is 204 g/mol. The fraction of sp³-hybridized carbons (Fsp3) is 0.417. The molecular formula is C12H16N2O2. The minimum absolute atomic E-state index is 0.0307. The third-order valence-electron chi connectivity index (χ3n) is 2.10. The van der Waals surface area contributed by atoms with Crippen LogP contribution in [0.25, 0.3) is 0 Å². The summed E-state index contributed by atoms with van der Waals surface area (Å²) in [6, 6.07) is 7.62. The molecule has 0 saturated heterocycles. The average Bonchev–Trinajstić information content (AvgIpc) is 2.34. The van der Waals surface area contributed by atoms with Gasteiger partial charge in [0.2, 0.25) is 0 Å². The van der Waals surface area contributed by atoms with Crippen molar-refractivity contribution in [3.63, 3.8) is 0 Å². The first-order valence-electron chi connectivity index (χ1n) is 5.19. The van der Waals surface area contributed by atoms with Gasteiger partial charge in [0, 0.05) is 6.54 Å². The fourth-order valence-corrected chi connectivity index (χ4v) is 1.32. The van der Waals surface area contributed by atoms with Crippen LogP contribution in [-0.2, 0) is 6.54 Å². The van der Waals surface area contributed by atoms with Gasteiger partial charge in [-0.25, -0.2) is 0 Å². The molecule has 0 amide bonds. The molecule has 0 unspecified atom stereocenters. The van der Waals surface area contributed by atoms with E-state index in [0.29, 0.717) is 11.5 Å². The summed E-state index contributed by atoms with van der Waals surface area (Å²) in [5, 5.41) is 11.7. The van der Waals surface area contributed by atoms with Crippen LogP contribution < -0.4 is 14.8 Å². The van der Waals surface area contributed by atoms with E-state index in [-0.39, 0.29) is 6.61 Å². The molecule has 0 atom stereocenters. The maximum absolute atomic E-state index is 8.44. The van der Waals surface area contributed by atoms with Crippen molar-refractivity contribution in [3.05, 3.63) is 23.8 Å². The van der Waals surface area contributed by atoms with E-state index < -0.39 is 0 Å².